The van der Waals surface area contributed by atoms with Gasteiger partial charge in [0.15, 0.2) is 5.82 Å². The van der Waals surface area contributed by atoms with Crippen LogP contribution in [0.1, 0.15) is 10.4 Å². The fourth-order valence-electron chi connectivity index (χ4n) is 2.89. The molecule has 9 nitrogen and oxygen atoms in total. The van der Waals surface area contributed by atoms with Crippen molar-refractivity contribution < 1.29 is 4.79 Å². The molecule has 0 unspecified atom stereocenters. The second-order valence-corrected chi connectivity index (χ2v) is 6.50. The van der Waals surface area contributed by atoms with Gasteiger partial charge in [0.05, 0.1) is 5.56 Å². The van der Waals surface area contributed by atoms with Crippen LogP contribution >= 0.6 is 0 Å². The van der Waals surface area contributed by atoms with E-state index in [1.165, 1.54) is 6.33 Å². The third-order valence-corrected chi connectivity index (χ3v) is 4.53. The Kier molecular flexibility index (Phi) is 5.16. The molecule has 1 aliphatic rings. The van der Waals surface area contributed by atoms with E-state index in [0.717, 1.165) is 32.0 Å². The lowest BCUT2D eigenvalue weighted by atomic mass is 10.2. The van der Waals surface area contributed by atoms with Crippen LogP contribution in [0.3, 0.4) is 0 Å². The number of nitrogens with zero attached hydrogens (tertiary/aromatic N) is 7. The van der Waals surface area contributed by atoms with Gasteiger partial charge in [-0.25, -0.2) is 15.0 Å². The summed E-state index contributed by atoms with van der Waals surface area (Å²) >= 11 is 0. The predicted molar refractivity (Wildman–Crippen MR) is 105 cm³/mol. The summed E-state index contributed by atoms with van der Waals surface area (Å²) in [6.07, 6.45) is 4.58. The molecule has 0 aliphatic carbocycles. The van der Waals surface area contributed by atoms with Gasteiger partial charge < -0.3 is 9.80 Å². The summed E-state index contributed by atoms with van der Waals surface area (Å²) in [6.45, 7) is 3.86. The van der Waals surface area contributed by atoms with Crippen molar-refractivity contribution in [3.63, 3.8) is 0 Å². The van der Waals surface area contributed by atoms with Gasteiger partial charge in [0.1, 0.15) is 17.8 Å². The van der Waals surface area contributed by atoms with Gasteiger partial charge in [0.2, 0.25) is 5.95 Å². The Bertz CT molecular complexity index is 940. The highest BCUT2D eigenvalue weighted by Crippen LogP contribution is 2.15. The molecule has 1 fully saturated rings. The third-order valence-electron chi connectivity index (χ3n) is 4.53. The highest BCUT2D eigenvalue weighted by Gasteiger charge is 2.16. The number of nitrogens with one attached hydrogen (secondary N) is 1. The molecule has 0 radical (unpaired) electrons. The van der Waals surface area contributed by atoms with Gasteiger partial charge in [0, 0.05) is 38.6 Å². The normalized spacial score (nSPS) is 14.7. The maximum Gasteiger partial charge on any atom is 0.259 e. The van der Waals surface area contributed by atoms with Crippen LogP contribution in [-0.4, -0.2) is 69.0 Å². The number of pyridine rings is 2. The SMILES string of the molecule is CN1CCN(c2ccc(C(=O)Nc3ncnc(-c4ccccn4)n3)cn2)CC1. The summed E-state index contributed by atoms with van der Waals surface area (Å²) in [5.41, 5.74) is 1.05. The van der Waals surface area contributed by atoms with Crippen LogP contribution in [0.25, 0.3) is 11.5 Å². The summed E-state index contributed by atoms with van der Waals surface area (Å²) in [5.74, 6) is 1.12. The zero-order chi connectivity index (χ0) is 19.3. The van der Waals surface area contributed by atoms with Gasteiger partial charge in [-0.15, -0.1) is 0 Å². The number of hydrogen-bond donors (Lipinski definition) is 1. The highest BCUT2D eigenvalue weighted by atomic mass is 16.1. The molecule has 9 heteroatoms. The zero-order valence-corrected chi connectivity index (χ0v) is 15.5. The molecule has 0 aromatic carbocycles. The lowest BCUT2D eigenvalue weighted by Gasteiger charge is -2.33. The standard InChI is InChI=1S/C19H20N8O/c1-26-8-10-27(11-9-26)16-6-5-14(12-21-16)18(28)25-19-23-13-22-17(24-19)15-4-2-3-7-20-15/h2-7,12-13H,8-11H2,1H3,(H,22,23,24,25,28). The number of likely N-dealkylation sites (N-methyl/N-ethyl adjacent to an activating group) is 1. The van der Waals surface area contributed by atoms with E-state index in [-0.39, 0.29) is 11.9 Å². The number of carbonyl (C=O) groups excluding carboxylic acids is 1. The van der Waals surface area contributed by atoms with Crippen LogP contribution in [0, 0.1) is 0 Å². The van der Waals surface area contributed by atoms with Crippen molar-refractivity contribution in [3.05, 3.63) is 54.6 Å². The summed E-state index contributed by atoms with van der Waals surface area (Å²) in [7, 11) is 2.11. The number of aromatic nitrogens is 5. The van der Waals surface area contributed by atoms with Crippen molar-refractivity contribution >= 4 is 17.7 Å². The van der Waals surface area contributed by atoms with Crippen molar-refractivity contribution in [2.45, 2.75) is 0 Å². The smallest absolute Gasteiger partial charge is 0.259 e. The second-order valence-electron chi connectivity index (χ2n) is 6.50. The first-order valence-electron chi connectivity index (χ1n) is 9.00. The fourth-order valence-corrected chi connectivity index (χ4v) is 2.89. The van der Waals surface area contributed by atoms with Crippen molar-refractivity contribution in [3.8, 4) is 11.5 Å². The Morgan fingerprint density at radius 3 is 2.57 bits per heavy atom. The summed E-state index contributed by atoms with van der Waals surface area (Å²) < 4.78 is 0. The van der Waals surface area contributed by atoms with E-state index >= 15 is 0 Å². The Labute approximate surface area is 162 Å². The molecule has 0 atom stereocenters. The van der Waals surface area contributed by atoms with Gasteiger partial charge in [0.25, 0.3) is 5.91 Å². The first-order chi connectivity index (χ1) is 13.7. The average molecular weight is 376 g/mol. The molecule has 0 saturated carbocycles. The number of piperazine rings is 1. The molecule has 4 heterocycles. The lowest BCUT2D eigenvalue weighted by Crippen LogP contribution is -2.44. The first kappa shape index (κ1) is 17.9. The van der Waals surface area contributed by atoms with Gasteiger partial charge >= 0.3 is 0 Å². The summed E-state index contributed by atoms with van der Waals surface area (Å²) in [6, 6.07) is 9.08. The van der Waals surface area contributed by atoms with E-state index in [2.05, 4.69) is 47.1 Å². The fraction of sp³-hybridized carbons (Fsp3) is 0.263. The van der Waals surface area contributed by atoms with Crippen molar-refractivity contribution in [2.75, 3.05) is 43.4 Å². The Morgan fingerprint density at radius 1 is 1.00 bits per heavy atom. The lowest BCUT2D eigenvalue weighted by molar-refractivity contribution is 0.102. The van der Waals surface area contributed by atoms with Crippen LogP contribution in [0.4, 0.5) is 11.8 Å². The van der Waals surface area contributed by atoms with Crippen LogP contribution in [-0.2, 0) is 0 Å². The Hall–Kier alpha value is -3.46. The second kappa shape index (κ2) is 8.05. The van der Waals surface area contributed by atoms with Crippen LogP contribution in [0.2, 0.25) is 0 Å². The van der Waals surface area contributed by atoms with E-state index in [9.17, 15) is 4.79 Å². The van der Waals surface area contributed by atoms with Crippen molar-refractivity contribution in [2.24, 2.45) is 0 Å². The molecule has 28 heavy (non-hydrogen) atoms. The van der Waals surface area contributed by atoms with Gasteiger partial charge in [-0.2, -0.15) is 4.98 Å². The van der Waals surface area contributed by atoms with E-state index < -0.39 is 0 Å². The number of amides is 1. The van der Waals surface area contributed by atoms with E-state index in [0.29, 0.717) is 17.1 Å². The molecule has 142 valence electrons. The minimum atomic E-state index is -0.324. The van der Waals surface area contributed by atoms with E-state index in [1.807, 2.05) is 18.2 Å². The van der Waals surface area contributed by atoms with Gasteiger partial charge in [-0.3, -0.25) is 15.1 Å². The minimum absolute atomic E-state index is 0.170. The highest BCUT2D eigenvalue weighted by molar-refractivity contribution is 6.03. The zero-order valence-electron chi connectivity index (χ0n) is 15.5. The molecular formula is C19H20N8O. The molecule has 1 amide bonds. The van der Waals surface area contributed by atoms with Crippen LogP contribution < -0.4 is 10.2 Å². The predicted octanol–water partition coefficient (Wildman–Crippen LogP) is 1.33. The van der Waals surface area contributed by atoms with Crippen LogP contribution in [0.5, 0.6) is 0 Å². The Morgan fingerprint density at radius 2 is 1.86 bits per heavy atom. The molecule has 3 aromatic heterocycles. The van der Waals surface area contributed by atoms with Crippen molar-refractivity contribution in [1.82, 2.24) is 29.8 Å². The third kappa shape index (κ3) is 4.09. The summed E-state index contributed by atoms with van der Waals surface area (Å²) in [5, 5.41) is 2.68. The van der Waals surface area contributed by atoms with Gasteiger partial charge in [-0.1, -0.05) is 6.07 Å². The van der Waals surface area contributed by atoms with Crippen molar-refractivity contribution in [1.29, 1.82) is 0 Å². The van der Waals surface area contributed by atoms with E-state index in [4.69, 9.17) is 0 Å². The number of carbonyl (C=O) groups is 1. The molecule has 1 N–H and O–H groups in total. The molecule has 1 aliphatic heterocycles. The largest absolute Gasteiger partial charge is 0.354 e. The molecular weight excluding hydrogens is 356 g/mol. The Balaban J connectivity index is 1.44. The average Bonchev–Trinajstić information content (AvgIpc) is 2.75. The number of hydrogen-bond acceptors (Lipinski definition) is 8. The summed E-state index contributed by atoms with van der Waals surface area (Å²) in [4.78, 5) is 38.0. The van der Waals surface area contributed by atoms with E-state index in [1.54, 1.807) is 24.5 Å². The quantitative estimate of drug-likeness (QED) is 0.728. The minimum Gasteiger partial charge on any atom is -0.354 e. The molecule has 1 saturated heterocycles. The maximum absolute atomic E-state index is 12.5. The molecule has 0 spiro atoms. The number of anilines is 2. The monoisotopic (exact) mass is 376 g/mol. The molecule has 3 aromatic rings. The first-order valence-corrected chi connectivity index (χ1v) is 9.00. The van der Waals surface area contributed by atoms with Crippen LogP contribution in [0.15, 0.2) is 49.1 Å². The molecule has 4 rings (SSSR count). The molecule has 0 bridgehead atoms. The maximum atomic E-state index is 12.5. The topological polar surface area (TPSA) is 100 Å². The number of rotatable bonds is 4. The van der Waals surface area contributed by atoms with Gasteiger partial charge in [-0.05, 0) is 31.3 Å².